The van der Waals surface area contributed by atoms with E-state index in [1.54, 1.807) is 18.2 Å². The van der Waals surface area contributed by atoms with E-state index in [0.717, 1.165) is 0 Å². The third kappa shape index (κ3) is 1.63. The Morgan fingerprint density at radius 2 is 1.60 bits per heavy atom. The van der Waals surface area contributed by atoms with Crippen molar-refractivity contribution in [2.24, 2.45) is 0 Å². The fourth-order valence-electron chi connectivity index (χ4n) is 0.618. The van der Waals surface area contributed by atoms with Crippen molar-refractivity contribution in [2.45, 2.75) is 0 Å². The van der Waals surface area contributed by atoms with Gasteiger partial charge in [-0.05, 0) is 18.2 Å². The Balaban J connectivity index is 3.22. The lowest BCUT2D eigenvalue weighted by Crippen LogP contribution is -1.73. The molecular formula is C7H3Cl2N. The van der Waals surface area contributed by atoms with E-state index in [1.807, 2.05) is 6.07 Å². The van der Waals surface area contributed by atoms with Crippen molar-refractivity contribution in [2.75, 3.05) is 0 Å². The molecule has 50 valence electrons. The average molecular weight is 179 g/mol. The summed E-state index contributed by atoms with van der Waals surface area (Å²) in [6.45, 7) is 0. The van der Waals surface area contributed by atoms with Crippen LogP contribution in [-0.2, 0) is 0 Å². The minimum Gasteiger partial charge on any atom is -0.192 e. The van der Waals surface area contributed by atoms with E-state index in [1.165, 1.54) is 0 Å². The van der Waals surface area contributed by atoms with Crippen molar-refractivity contribution < 1.29 is 0 Å². The molecule has 1 nitrogen and oxygen atoms in total. The monoisotopic (exact) mass is 178 g/mol. The standard InChI is InChI=1S/C7H3Cl2N/c8-6-1-5(4-10)2-7(9)3-6/h1-3H/i1+1,2+1,3+1,4+1,5+1,6+1,7+1. The first-order valence-corrected chi connectivity index (χ1v) is 3.34. The van der Waals surface area contributed by atoms with E-state index in [9.17, 15) is 0 Å². The maximum atomic E-state index is 8.42. The summed E-state index contributed by atoms with van der Waals surface area (Å²) in [5.41, 5.74) is 0.484. The normalized spacial score (nSPS) is 8.90. The molecule has 10 heavy (non-hydrogen) atoms. The Morgan fingerprint density at radius 3 is 2.00 bits per heavy atom. The van der Waals surface area contributed by atoms with Crippen LogP contribution < -0.4 is 0 Å². The molecule has 0 atom stereocenters. The lowest BCUT2D eigenvalue weighted by atomic mass is 11.2. The summed E-state index contributed by atoms with van der Waals surface area (Å²) in [5.74, 6) is 0. The maximum absolute atomic E-state index is 8.42. The van der Waals surface area contributed by atoms with Crippen molar-refractivity contribution in [3.63, 3.8) is 0 Å². The molecule has 3 heteroatoms. The molecule has 1 aromatic rings. The highest BCUT2D eigenvalue weighted by Gasteiger charge is 1.94. The third-order valence-corrected chi connectivity index (χ3v) is 1.43. The highest BCUT2D eigenvalue weighted by Crippen LogP contribution is 2.17. The van der Waals surface area contributed by atoms with Gasteiger partial charge < -0.3 is 0 Å². The minimum absolute atomic E-state index is 0.484. The van der Waals surface area contributed by atoms with Crippen LogP contribution in [0.25, 0.3) is 0 Å². The lowest BCUT2D eigenvalue weighted by Gasteiger charge is -1.91. The van der Waals surface area contributed by atoms with Crippen molar-refractivity contribution >= 4 is 23.2 Å². The van der Waals surface area contributed by atoms with Gasteiger partial charge in [-0.3, -0.25) is 0 Å². The smallest absolute Gasteiger partial charge is 0.0992 e. The number of nitrogens with zero attached hydrogens (tertiary/aromatic N) is 1. The molecule has 0 N–H and O–H groups in total. The molecular weight excluding hydrogens is 176 g/mol. The lowest BCUT2D eigenvalue weighted by molar-refractivity contribution is 1.48. The van der Waals surface area contributed by atoms with Gasteiger partial charge in [0.1, 0.15) is 0 Å². The quantitative estimate of drug-likeness (QED) is 0.561. The van der Waals surface area contributed by atoms with Crippen molar-refractivity contribution in [1.82, 2.24) is 0 Å². The summed E-state index contributed by atoms with van der Waals surface area (Å²) in [6, 6.07) is 6.65. The molecule has 1 aromatic carbocycles. The van der Waals surface area contributed by atoms with Crippen LogP contribution in [0, 0.1) is 11.3 Å². The Morgan fingerprint density at radius 1 is 1.10 bits per heavy atom. The molecule has 0 aliphatic rings. The van der Waals surface area contributed by atoms with Gasteiger partial charge in [0, 0.05) is 10.0 Å². The van der Waals surface area contributed by atoms with Crippen LogP contribution in [0.5, 0.6) is 0 Å². The maximum Gasteiger partial charge on any atom is 0.0992 e. The van der Waals surface area contributed by atoms with Crippen molar-refractivity contribution in [3.8, 4) is 6.07 Å². The summed E-state index contributed by atoms with van der Waals surface area (Å²) in [4.78, 5) is 0. The number of hydrogen-bond donors (Lipinski definition) is 0. The fourth-order valence-corrected chi connectivity index (χ4v) is 1.14. The van der Waals surface area contributed by atoms with E-state index in [-0.39, 0.29) is 0 Å². The minimum atomic E-state index is 0.484. The zero-order valence-corrected chi connectivity index (χ0v) is 6.45. The third-order valence-electron chi connectivity index (χ3n) is 0.992. The molecule has 0 spiro atoms. The van der Waals surface area contributed by atoms with Crippen LogP contribution in [-0.4, -0.2) is 0 Å². The molecule has 0 amide bonds. The largest absolute Gasteiger partial charge is 0.192 e. The van der Waals surface area contributed by atoms with Gasteiger partial charge in [0.05, 0.1) is 11.6 Å². The van der Waals surface area contributed by atoms with Gasteiger partial charge in [0.25, 0.3) is 0 Å². The number of halogens is 2. The van der Waals surface area contributed by atoms with Gasteiger partial charge in [0.2, 0.25) is 0 Å². The molecule has 0 bridgehead atoms. The van der Waals surface area contributed by atoms with E-state index in [0.29, 0.717) is 15.6 Å². The zero-order chi connectivity index (χ0) is 7.56. The molecule has 0 fully saturated rings. The summed E-state index contributed by atoms with van der Waals surface area (Å²) in [6.07, 6.45) is 0. The van der Waals surface area contributed by atoms with Gasteiger partial charge in [-0.25, -0.2) is 0 Å². The molecule has 0 aliphatic heterocycles. The SMILES string of the molecule is N#[13C][13c]1[13cH][13c](Cl)[13cH][13c](Cl)[13cH]1. The number of nitriles is 1. The van der Waals surface area contributed by atoms with Gasteiger partial charge in [-0.1, -0.05) is 23.2 Å². The predicted octanol–water partition coefficient (Wildman–Crippen LogP) is 2.87. The molecule has 0 aromatic heterocycles. The average Bonchev–Trinajstić information content (AvgIpc) is 1.85. The van der Waals surface area contributed by atoms with Crippen molar-refractivity contribution in [1.29, 1.82) is 5.26 Å². The van der Waals surface area contributed by atoms with Crippen LogP contribution in [0.3, 0.4) is 0 Å². The number of rotatable bonds is 0. The Hall–Kier alpha value is -0.710. The van der Waals surface area contributed by atoms with Gasteiger partial charge in [-0.15, -0.1) is 0 Å². The molecule has 1 rings (SSSR count). The van der Waals surface area contributed by atoms with E-state index < -0.39 is 0 Å². The van der Waals surface area contributed by atoms with Crippen LogP contribution in [0.15, 0.2) is 18.2 Å². The first-order chi connectivity index (χ1) is 4.72. The van der Waals surface area contributed by atoms with Crippen LogP contribution in [0.1, 0.15) is 5.56 Å². The van der Waals surface area contributed by atoms with Crippen LogP contribution >= 0.6 is 23.2 Å². The second-order valence-corrected chi connectivity index (χ2v) is 2.64. The first kappa shape index (κ1) is 7.40. The number of benzene rings is 1. The predicted molar refractivity (Wildman–Crippen MR) is 41.2 cm³/mol. The van der Waals surface area contributed by atoms with Gasteiger partial charge in [-0.2, -0.15) is 5.26 Å². The van der Waals surface area contributed by atoms with Gasteiger partial charge >= 0.3 is 0 Å². The van der Waals surface area contributed by atoms with E-state index in [4.69, 9.17) is 28.5 Å². The molecule has 0 aliphatic carbocycles. The topological polar surface area (TPSA) is 23.8 Å². The Labute approximate surface area is 68.8 Å². The Bertz CT molecular complexity index is 268. The Kier molecular flexibility index (Phi) is 2.16. The molecule has 0 saturated heterocycles. The summed E-state index contributed by atoms with van der Waals surface area (Å²) >= 11 is 11.2. The highest BCUT2D eigenvalue weighted by molar-refractivity contribution is 6.34. The second kappa shape index (κ2) is 2.92. The second-order valence-electron chi connectivity index (χ2n) is 1.77. The molecule has 0 saturated carbocycles. The van der Waals surface area contributed by atoms with Gasteiger partial charge in [0.15, 0.2) is 0 Å². The summed E-state index contributed by atoms with van der Waals surface area (Å²) in [7, 11) is 0. The molecule has 0 radical (unpaired) electrons. The first-order valence-electron chi connectivity index (χ1n) is 2.58. The highest BCUT2D eigenvalue weighted by atomic mass is 35.5. The molecule has 0 heterocycles. The molecule has 0 unspecified atom stereocenters. The summed E-state index contributed by atoms with van der Waals surface area (Å²) in [5, 5.41) is 9.40. The number of hydrogen-bond acceptors (Lipinski definition) is 1. The zero-order valence-electron chi connectivity index (χ0n) is 4.94. The van der Waals surface area contributed by atoms with Crippen molar-refractivity contribution in [3.05, 3.63) is 33.8 Å². The van der Waals surface area contributed by atoms with E-state index >= 15 is 0 Å². The van der Waals surface area contributed by atoms with Crippen LogP contribution in [0.2, 0.25) is 10.0 Å². The van der Waals surface area contributed by atoms with Crippen LogP contribution in [0.4, 0.5) is 0 Å². The van der Waals surface area contributed by atoms with E-state index in [2.05, 4.69) is 0 Å². The fraction of sp³-hybridized carbons (Fsp3) is 0. The summed E-state index contributed by atoms with van der Waals surface area (Å²) < 4.78 is 0.